The summed E-state index contributed by atoms with van der Waals surface area (Å²) in [6.45, 7) is 10.9. The Morgan fingerprint density at radius 1 is 1.09 bits per heavy atom. The van der Waals surface area contributed by atoms with E-state index in [2.05, 4.69) is 56.7 Å². The van der Waals surface area contributed by atoms with Gasteiger partial charge in [-0.25, -0.2) is 24.9 Å². The van der Waals surface area contributed by atoms with Crippen LogP contribution in [0.25, 0.3) is 33.8 Å². The van der Waals surface area contributed by atoms with Crippen LogP contribution in [0.4, 0.5) is 5.69 Å². The maximum absolute atomic E-state index is 12.9. The molecule has 1 aromatic carbocycles. The van der Waals surface area contributed by atoms with Gasteiger partial charge in [0.15, 0.2) is 5.65 Å². The summed E-state index contributed by atoms with van der Waals surface area (Å²) >= 11 is 0. The molecular weight excluding hydrogens is 414 g/mol. The van der Waals surface area contributed by atoms with E-state index in [0.717, 1.165) is 51.5 Å². The predicted molar refractivity (Wildman–Crippen MR) is 128 cm³/mol. The van der Waals surface area contributed by atoms with Gasteiger partial charge in [-0.05, 0) is 50.8 Å². The lowest BCUT2D eigenvalue weighted by atomic mass is 9.76. The van der Waals surface area contributed by atoms with Crippen LogP contribution in [-0.2, 0) is 16.8 Å². The second kappa shape index (κ2) is 7.72. The number of rotatable bonds is 5. The number of benzene rings is 1. The third-order valence-corrected chi connectivity index (χ3v) is 6.34. The number of nitrogens with one attached hydrogen (secondary N) is 1. The van der Waals surface area contributed by atoms with E-state index in [1.54, 1.807) is 18.7 Å². The predicted octanol–water partition coefficient (Wildman–Crippen LogP) is 4.53. The molecule has 0 saturated carbocycles. The van der Waals surface area contributed by atoms with E-state index in [4.69, 9.17) is 4.98 Å². The molecule has 8 nitrogen and oxygen atoms in total. The molecule has 33 heavy (non-hydrogen) atoms. The Kier molecular flexibility index (Phi) is 4.96. The van der Waals surface area contributed by atoms with Crippen LogP contribution in [0, 0.1) is 12.8 Å². The molecule has 1 aliphatic heterocycles. The number of aromatic nitrogens is 6. The summed E-state index contributed by atoms with van der Waals surface area (Å²) < 4.78 is 2.05. The van der Waals surface area contributed by atoms with Gasteiger partial charge < -0.3 is 9.88 Å². The van der Waals surface area contributed by atoms with Gasteiger partial charge in [-0.1, -0.05) is 19.9 Å². The van der Waals surface area contributed by atoms with Gasteiger partial charge in [-0.15, -0.1) is 0 Å². The second-order valence-electron chi connectivity index (χ2n) is 9.24. The molecule has 0 unspecified atom stereocenters. The molecule has 3 aromatic heterocycles. The molecule has 1 N–H and O–H groups in total. The fraction of sp³-hybridized carbons (Fsp3) is 0.360. The van der Waals surface area contributed by atoms with Crippen LogP contribution >= 0.6 is 0 Å². The zero-order chi connectivity index (χ0) is 23.3. The first-order valence-corrected chi connectivity index (χ1v) is 11.3. The lowest BCUT2D eigenvalue weighted by Gasteiger charge is -2.24. The number of carbonyl (C=O) groups excluding carboxylic acids is 1. The summed E-state index contributed by atoms with van der Waals surface area (Å²) in [5.74, 6) is 1.91. The van der Waals surface area contributed by atoms with Gasteiger partial charge in [0.05, 0.1) is 11.0 Å². The average molecular weight is 442 g/mol. The molecule has 1 amide bonds. The minimum atomic E-state index is -0.571. The SMILES string of the molecule is CCn1c(-c2cnc(C)nc2)nc2c(-c3ccc4c(c3)[C@](C)(CC(C)C)C(=O)N4)ncnc21. The van der Waals surface area contributed by atoms with Gasteiger partial charge in [0, 0.05) is 30.2 Å². The van der Waals surface area contributed by atoms with E-state index in [1.807, 2.05) is 26.0 Å². The van der Waals surface area contributed by atoms with E-state index in [9.17, 15) is 4.79 Å². The molecule has 5 rings (SSSR count). The summed E-state index contributed by atoms with van der Waals surface area (Å²) in [5, 5.41) is 3.05. The normalized spacial score (nSPS) is 17.6. The Bertz CT molecular complexity index is 1370. The molecule has 0 bridgehead atoms. The quantitative estimate of drug-likeness (QED) is 0.488. The maximum atomic E-state index is 12.9. The van der Waals surface area contributed by atoms with Crippen molar-refractivity contribution in [2.24, 2.45) is 5.92 Å². The van der Waals surface area contributed by atoms with Crippen molar-refractivity contribution in [2.45, 2.75) is 53.0 Å². The number of hydrogen-bond donors (Lipinski definition) is 1. The molecule has 4 aromatic rings. The molecule has 8 heteroatoms. The first-order valence-electron chi connectivity index (χ1n) is 11.3. The van der Waals surface area contributed by atoms with E-state index >= 15 is 0 Å². The zero-order valence-corrected chi connectivity index (χ0v) is 19.5. The van der Waals surface area contributed by atoms with E-state index in [-0.39, 0.29) is 5.91 Å². The monoisotopic (exact) mass is 441 g/mol. The third-order valence-electron chi connectivity index (χ3n) is 6.34. The number of fused-ring (bicyclic) bond motifs is 2. The van der Waals surface area contributed by atoms with Crippen LogP contribution < -0.4 is 5.32 Å². The summed E-state index contributed by atoms with van der Waals surface area (Å²) in [5.41, 5.74) is 5.28. The Morgan fingerprint density at radius 2 is 1.85 bits per heavy atom. The number of hydrogen-bond acceptors (Lipinski definition) is 6. The smallest absolute Gasteiger partial charge is 0.234 e. The van der Waals surface area contributed by atoms with E-state index in [1.165, 1.54) is 0 Å². The fourth-order valence-corrected chi connectivity index (χ4v) is 4.83. The van der Waals surface area contributed by atoms with Crippen molar-refractivity contribution < 1.29 is 4.79 Å². The highest BCUT2D eigenvalue weighted by Crippen LogP contribution is 2.44. The number of nitrogens with zero attached hydrogens (tertiary/aromatic N) is 6. The zero-order valence-electron chi connectivity index (χ0n) is 19.5. The lowest BCUT2D eigenvalue weighted by Crippen LogP contribution is -2.32. The second-order valence-corrected chi connectivity index (χ2v) is 9.24. The standard InChI is InChI=1S/C25H27N7O/c1-6-32-22(17-11-26-15(4)27-12-17)31-21-20(28-13-29-23(21)32)16-7-8-19-18(9-16)25(5,10-14(2)3)24(33)30-19/h7-9,11-14H,6,10H2,1-5H3,(H,30,33)/t25-/m0/s1. The molecule has 168 valence electrons. The number of carbonyl (C=O) groups is 1. The van der Waals surface area contributed by atoms with Gasteiger partial charge in [-0.3, -0.25) is 4.79 Å². The molecule has 4 heterocycles. The highest BCUT2D eigenvalue weighted by atomic mass is 16.2. The topological polar surface area (TPSA) is 98.5 Å². The first kappa shape index (κ1) is 21.2. The molecule has 0 spiro atoms. The number of aryl methyl sites for hydroxylation is 2. The van der Waals surface area contributed by atoms with Crippen molar-refractivity contribution in [3.8, 4) is 22.6 Å². The van der Waals surface area contributed by atoms with Crippen molar-refractivity contribution >= 4 is 22.8 Å². The first-order chi connectivity index (χ1) is 15.8. The molecule has 0 radical (unpaired) electrons. The van der Waals surface area contributed by atoms with Crippen molar-refractivity contribution in [1.82, 2.24) is 29.5 Å². The summed E-state index contributed by atoms with van der Waals surface area (Å²) in [7, 11) is 0. The Hall–Kier alpha value is -3.68. The van der Waals surface area contributed by atoms with Gasteiger partial charge in [0.25, 0.3) is 0 Å². The van der Waals surface area contributed by atoms with Crippen molar-refractivity contribution in [2.75, 3.05) is 5.32 Å². The Balaban J connectivity index is 1.68. The van der Waals surface area contributed by atoms with E-state index in [0.29, 0.717) is 18.3 Å². The minimum Gasteiger partial charge on any atom is -0.325 e. The molecule has 1 aliphatic rings. The molecule has 0 aliphatic carbocycles. The van der Waals surface area contributed by atoms with Crippen molar-refractivity contribution in [3.05, 3.63) is 48.3 Å². The number of anilines is 1. The average Bonchev–Trinajstić information content (AvgIpc) is 3.28. The van der Waals surface area contributed by atoms with E-state index < -0.39 is 5.41 Å². The minimum absolute atomic E-state index is 0.0492. The van der Waals surface area contributed by atoms with Crippen LogP contribution in [-0.4, -0.2) is 35.4 Å². The molecular formula is C25H27N7O. The number of imidazole rings is 1. The van der Waals surface area contributed by atoms with Crippen LogP contribution in [0.2, 0.25) is 0 Å². The summed E-state index contributed by atoms with van der Waals surface area (Å²) in [6, 6.07) is 6.03. The third kappa shape index (κ3) is 3.37. The highest BCUT2D eigenvalue weighted by Gasteiger charge is 2.43. The van der Waals surface area contributed by atoms with Crippen LogP contribution in [0.1, 0.15) is 45.5 Å². The maximum Gasteiger partial charge on any atom is 0.234 e. The summed E-state index contributed by atoms with van der Waals surface area (Å²) in [4.78, 5) is 35.6. The van der Waals surface area contributed by atoms with Crippen LogP contribution in [0.5, 0.6) is 0 Å². The fourth-order valence-electron chi connectivity index (χ4n) is 4.83. The summed E-state index contributed by atoms with van der Waals surface area (Å²) in [6.07, 6.45) is 5.92. The van der Waals surface area contributed by atoms with Gasteiger partial charge >= 0.3 is 0 Å². The Morgan fingerprint density at radius 3 is 2.55 bits per heavy atom. The lowest BCUT2D eigenvalue weighted by molar-refractivity contribution is -0.120. The van der Waals surface area contributed by atoms with Gasteiger partial charge in [0.1, 0.15) is 29.2 Å². The van der Waals surface area contributed by atoms with Crippen molar-refractivity contribution in [3.63, 3.8) is 0 Å². The van der Waals surface area contributed by atoms with Crippen LogP contribution in [0.15, 0.2) is 36.9 Å². The molecule has 1 atom stereocenters. The van der Waals surface area contributed by atoms with Crippen molar-refractivity contribution in [1.29, 1.82) is 0 Å². The highest BCUT2D eigenvalue weighted by molar-refractivity contribution is 6.06. The molecule has 0 saturated heterocycles. The Labute approximate surface area is 192 Å². The van der Waals surface area contributed by atoms with Gasteiger partial charge in [0.2, 0.25) is 5.91 Å². The molecule has 0 fully saturated rings. The number of amides is 1. The van der Waals surface area contributed by atoms with Crippen LogP contribution in [0.3, 0.4) is 0 Å². The van der Waals surface area contributed by atoms with Gasteiger partial charge in [-0.2, -0.15) is 0 Å². The largest absolute Gasteiger partial charge is 0.325 e.